The van der Waals surface area contributed by atoms with Gasteiger partial charge >= 0.3 is 0 Å². The Morgan fingerprint density at radius 2 is 2.15 bits per heavy atom. The van der Waals surface area contributed by atoms with Crippen LogP contribution in [0.3, 0.4) is 0 Å². The van der Waals surface area contributed by atoms with Crippen LogP contribution in [-0.4, -0.2) is 27.8 Å². The molecule has 20 heavy (non-hydrogen) atoms. The Morgan fingerprint density at radius 3 is 2.85 bits per heavy atom. The van der Waals surface area contributed by atoms with Crippen LogP contribution < -0.4 is 4.90 Å². The van der Waals surface area contributed by atoms with Crippen LogP contribution in [0.15, 0.2) is 30.6 Å². The largest absolute Gasteiger partial charge is 0.306 e. The number of rotatable bonds is 3. The third kappa shape index (κ3) is 2.39. The predicted molar refractivity (Wildman–Crippen MR) is 82.8 cm³/mol. The lowest BCUT2D eigenvalue weighted by atomic mass is 10.3. The van der Waals surface area contributed by atoms with Crippen LogP contribution in [0.4, 0.5) is 5.13 Å². The van der Waals surface area contributed by atoms with E-state index in [9.17, 15) is 4.79 Å². The molecule has 0 saturated heterocycles. The molecule has 0 saturated carbocycles. The van der Waals surface area contributed by atoms with Gasteiger partial charge in [-0.3, -0.25) is 9.69 Å². The van der Waals surface area contributed by atoms with Gasteiger partial charge in [0.2, 0.25) is 6.41 Å². The summed E-state index contributed by atoms with van der Waals surface area (Å²) in [6.07, 6.45) is 4.69. The highest BCUT2D eigenvalue weighted by atomic mass is 35.5. The molecule has 0 aliphatic carbocycles. The number of hydrogen-bond acceptors (Lipinski definition) is 4. The highest BCUT2D eigenvalue weighted by Crippen LogP contribution is 2.33. The van der Waals surface area contributed by atoms with Crippen molar-refractivity contribution >= 4 is 40.9 Å². The number of thiazole rings is 1. The fourth-order valence-corrected chi connectivity index (χ4v) is 2.81. The van der Waals surface area contributed by atoms with Gasteiger partial charge in [0, 0.05) is 19.4 Å². The number of imidazole rings is 1. The zero-order chi connectivity index (χ0) is 13.4. The zero-order valence-electron chi connectivity index (χ0n) is 11.0. The smallest absolute Gasteiger partial charge is 0.215 e. The van der Waals surface area contributed by atoms with Crippen molar-refractivity contribution in [3.8, 4) is 10.6 Å². The maximum absolute atomic E-state index is 10.8. The van der Waals surface area contributed by atoms with E-state index in [1.54, 1.807) is 7.05 Å². The summed E-state index contributed by atoms with van der Waals surface area (Å²) < 4.78 is 1.97. The van der Waals surface area contributed by atoms with Crippen LogP contribution in [0.1, 0.15) is 5.69 Å². The minimum absolute atomic E-state index is 0. The predicted octanol–water partition coefficient (Wildman–Crippen LogP) is 2.78. The van der Waals surface area contributed by atoms with E-state index in [-0.39, 0.29) is 12.4 Å². The highest BCUT2D eigenvalue weighted by molar-refractivity contribution is 7.19. The van der Waals surface area contributed by atoms with E-state index in [2.05, 4.69) is 9.97 Å². The second-order valence-electron chi connectivity index (χ2n) is 4.22. The Hall–Kier alpha value is -1.92. The molecule has 3 aromatic heterocycles. The summed E-state index contributed by atoms with van der Waals surface area (Å²) in [6, 6.07) is 5.87. The second-order valence-corrected chi connectivity index (χ2v) is 5.20. The average molecular weight is 309 g/mol. The molecule has 0 aliphatic rings. The first-order valence-electron chi connectivity index (χ1n) is 5.78. The average Bonchev–Trinajstić information content (AvgIpc) is 3.00. The first kappa shape index (κ1) is 14.5. The number of aryl methyl sites for hydroxylation is 1. The van der Waals surface area contributed by atoms with Gasteiger partial charge in [0.05, 0.1) is 10.6 Å². The molecule has 0 aliphatic heterocycles. The summed E-state index contributed by atoms with van der Waals surface area (Å²) in [7, 11) is 1.69. The molecule has 3 heterocycles. The number of amides is 1. The number of halogens is 1. The van der Waals surface area contributed by atoms with Crippen molar-refractivity contribution in [1.29, 1.82) is 0 Å². The molecular weight excluding hydrogens is 296 g/mol. The van der Waals surface area contributed by atoms with E-state index in [1.165, 1.54) is 16.2 Å². The van der Waals surface area contributed by atoms with Crippen LogP contribution >= 0.6 is 23.7 Å². The quantitative estimate of drug-likeness (QED) is 0.699. The molecule has 0 radical (unpaired) electrons. The number of carbonyl (C=O) groups is 1. The molecule has 7 heteroatoms. The Morgan fingerprint density at radius 1 is 1.35 bits per heavy atom. The monoisotopic (exact) mass is 308 g/mol. The van der Waals surface area contributed by atoms with E-state index in [1.807, 2.05) is 41.9 Å². The van der Waals surface area contributed by atoms with E-state index < -0.39 is 0 Å². The number of fused-ring (bicyclic) bond motifs is 1. The number of hydrogen-bond donors (Lipinski definition) is 0. The molecule has 104 valence electrons. The number of aromatic nitrogens is 3. The molecular formula is C13H13ClN4OS. The van der Waals surface area contributed by atoms with Crippen LogP contribution in [0.5, 0.6) is 0 Å². The third-order valence-electron chi connectivity index (χ3n) is 2.84. The van der Waals surface area contributed by atoms with Crippen molar-refractivity contribution in [2.45, 2.75) is 6.92 Å². The second kappa shape index (κ2) is 5.60. The Kier molecular flexibility index (Phi) is 4.06. The minimum atomic E-state index is 0. The lowest BCUT2D eigenvalue weighted by Gasteiger charge is -2.02. The molecule has 0 aromatic carbocycles. The summed E-state index contributed by atoms with van der Waals surface area (Å²) in [6.45, 7) is 1.93. The van der Waals surface area contributed by atoms with Crippen LogP contribution in [0, 0.1) is 6.92 Å². The number of pyridine rings is 1. The van der Waals surface area contributed by atoms with Gasteiger partial charge in [-0.25, -0.2) is 9.97 Å². The zero-order valence-corrected chi connectivity index (χ0v) is 12.6. The third-order valence-corrected chi connectivity index (χ3v) is 4.11. The fourth-order valence-electron chi connectivity index (χ4n) is 1.86. The Labute approximate surface area is 126 Å². The molecule has 0 bridgehead atoms. The van der Waals surface area contributed by atoms with Crippen LogP contribution in [0.25, 0.3) is 16.2 Å². The topological polar surface area (TPSA) is 50.5 Å². The van der Waals surface area contributed by atoms with Gasteiger partial charge in [-0.1, -0.05) is 17.4 Å². The molecule has 1 amide bonds. The summed E-state index contributed by atoms with van der Waals surface area (Å²) >= 11 is 1.47. The van der Waals surface area contributed by atoms with Crippen LogP contribution in [0.2, 0.25) is 0 Å². The number of carbonyl (C=O) groups excluding carboxylic acids is 1. The summed E-state index contributed by atoms with van der Waals surface area (Å²) in [5, 5.41) is 0.680. The standard InChI is InChI=1S/C13H12N4OS.ClH/c1-9-12(19-13(14-9)16(2)8-18)10-7-17-6-4-3-5-11(17)15-10;/h3-8H,1-2H3;1H. The maximum atomic E-state index is 10.8. The first-order chi connectivity index (χ1) is 9.19. The lowest BCUT2D eigenvalue weighted by molar-refractivity contribution is -0.107. The minimum Gasteiger partial charge on any atom is -0.306 e. The van der Waals surface area contributed by atoms with Gasteiger partial charge in [-0.2, -0.15) is 0 Å². The van der Waals surface area contributed by atoms with Crippen molar-refractivity contribution in [2.24, 2.45) is 0 Å². The number of anilines is 1. The molecule has 3 rings (SSSR count). The van der Waals surface area contributed by atoms with Gasteiger partial charge in [0.15, 0.2) is 5.13 Å². The normalized spacial score (nSPS) is 10.3. The van der Waals surface area contributed by atoms with Gasteiger partial charge in [0.25, 0.3) is 0 Å². The van der Waals surface area contributed by atoms with Gasteiger partial charge in [-0.15, -0.1) is 12.4 Å². The van der Waals surface area contributed by atoms with Gasteiger partial charge in [-0.05, 0) is 19.1 Å². The van der Waals surface area contributed by atoms with E-state index in [0.29, 0.717) is 5.13 Å². The number of nitrogens with zero attached hydrogens (tertiary/aromatic N) is 4. The molecule has 0 unspecified atom stereocenters. The van der Waals surface area contributed by atoms with E-state index >= 15 is 0 Å². The van der Waals surface area contributed by atoms with Gasteiger partial charge in [0.1, 0.15) is 11.3 Å². The molecule has 0 atom stereocenters. The van der Waals surface area contributed by atoms with Crippen molar-refractivity contribution in [1.82, 2.24) is 14.4 Å². The van der Waals surface area contributed by atoms with Crippen molar-refractivity contribution < 1.29 is 4.79 Å². The van der Waals surface area contributed by atoms with Crippen molar-refractivity contribution in [3.05, 3.63) is 36.3 Å². The summed E-state index contributed by atoms with van der Waals surface area (Å²) in [5.41, 5.74) is 2.67. The molecule has 3 aromatic rings. The lowest BCUT2D eigenvalue weighted by Crippen LogP contribution is -2.12. The molecule has 0 N–H and O–H groups in total. The Balaban J connectivity index is 0.00000147. The molecule has 0 spiro atoms. The fraction of sp³-hybridized carbons (Fsp3) is 0.154. The highest BCUT2D eigenvalue weighted by Gasteiger charge is 2.14. The Bertz CT molecular complexity index is 719. The van der Waals surface area contributed by atoms with Crippen LogP contribution in [-0.2, 0) is 4.79 Å². The molecule has 0 fully saturated rings. The first-order valence-corrected chi connectivity index (χ1v) is 6.60. The maximum Gasteiger partial charge on any atom is 0.215 e. The van der Waals surface area contributed by atoms with Crippen molar-refractivity contribution in [3.63, 3.8) is 0 Å². The van der Waals surface area contributed by atoms with E-state index in [0.717, 1.165) is 28.3 Å². The summed E-state index contributed by atoms with van der Waals surface area (Å²) in [4.78, 5) is 22.2. The van der Waals surface area contributed by atoms with E-state index in [4.69, 9.17) is 0 Å². The summed E-state index contributed by atoms with van der Waals surface area (Å²) in [5.74, 6) is 0. The molecule has 5 nitrogen and oxygen atoms in total. The SMILES string of the molecule is Cc1nc(N(C)C=O)sc1-c1cn2ccccc2n1.Cl. The van der Waals surface area contributed by atoms with Gasteiger partial charge < -0.3 is 4.40 Å². The van der Waals surface area contributed by atoms with Crippen molar-refractivity contribution in [2.75, 3.05) is 11.9 Å².